The summed E-state index contributed by atoms with van der Waals surface area (Å²) in [4.78, 5) is 0. The lowest BCUT2D eigenvalue weighted by molar-refractivity contribution is 1.17. The van der Waals surface area contributed by atoms with Crippen molar-refractivity contribution in [2.45, 2.75) is 0 Å². The molecule has 0 radical (unpaired) electrons. The van der Waals surface area contributed by atoms with Crippen molar-refractivity contribution in [1.82, 2.24) is 13.7 Å². The Kier molecular flexibility index (Phi) is 7.91. The third-order valence-corrected chi connectivity index (χ3v) is 13.0. The van der Waals surface area contributed by atoms with E-state index < -0.39 is 0 Å². The number of benzene rings is 10. The second-order valence-electron chi connectivity index (χ2n) is 16.6. The Labute approximate surface area is 364 Å². The SMILES string of the molecule is c1ccc(-c2ccc(-c3cccc(-n4c5ccccc5c5cc(-c6ccc7c(c6)c6ccccc6n7-c6ccc7c(c6)c6ccccc6n7-c6ccccc6)ccc54)c3)cc2)cc1. The summed E-state index contributed by atoms with van der Waals surface area (Å²) >= 11 is 0. The molecule has 0 unspecified atom stereocenters. The van der Waals surface area contributed by atoms with Gasteiger partial charge in [-0.05, 0) is 118 Å². The van der Waals surface area contributed by atoms with Crippen LogP contribution in [0.15, 0.2) is 237 Å². The zero-order valence-corrected chi connectivity index (χ0v) is 34.4. The van der Waals surface area contributed by atoms with E-state index in [1.165, 1.54) is 104 Å². The van der Waals surface area contributed by atoms with Gasteiger partial charge < -0.3 is 13.7 Å². The van der Waals surface area contributed by atoms with Crippen molar-refractivity contribution in [1.29, 1.82) is 0 Å². The normalized spacial score (nSPS) is 11.8. The molecule has 10 aromatic carbocycles. The highest BCUT2D eigenvalue weighted by atomic mass is 15.0. The average molecular weight is 802 g/mol. The number of hydrogen-bond acceptors (Lipinski definition) is 0. The van der Waals surface area contributed by atoms with Gasteiger partial charge in [-0.3, -0.25) is 0 Å². The fourth-order valence-corrected chi connectivity index (χ4v) is 10.1. The summed E-state index contributed by atoms with van der Waals surface area (Å²) in [7, 11) is 0. The molecule has 13 rings (SSSR count). The zero-order chi connectivity index (χ0) is 41.4. The van der Waals surface area contributed by atoms with Crippen molar-refractivity contribution in [2.24, 2.45) is 0 Å². The van der Waals surface area contributed by atoms with Crippen molar-refractivity contribution in [3.8, 4) is 50.4 Å². The number of nitrogens with zero attached hydrogens (tertiary/aromatic N) is 3. The largest absolute Gasteiger partial charge is 0.309 e. The molecule has 0 spiro atoms. The van der Waals surface area contributed by atoms with Crippen molar-refractivity contribution in [3.05, 3.63) is 237 Å². The number of fused-ring (bicyclic) bond motifs is 9. The first-order valence-corrected chi connectivity index (χ1v) is 21.7. The molecule has 0 aliphatic carbocycles. The molecule has 0 aliphatic rings. The summed E-state index contributed by atoms with van der Waals surface area (Å²) in [6.07, 6.45) is 0. The third-order valence-electron chi connectivity index (χ3n) is 13.0. The van der Waals surface area contributed by atoms with Gasteiger partial charge in [0.25, 0.3) is 0 Å². The van der Waals surface area contributed by atoms with Crippen LogP contribution in [0.4, 0.5) is 0 Å². The Morgan fingerprint density at radius 3 is 1.06 bits per heavy atom. The minimum absolute atomic E-state index is 1.15. The Morgan fingerprint density at radius 1 is 0.175 bits per heavy atom. The van der Waals surface area contributed by atoms with Crippen LogP contribution in [-0.4, -0.2) is 13.7 Å². The van der Waals surface area contributed by atoms with E-state index in [-0.39, 0.29) is 0 Å². The molecule has 3 heteroatoms. The maximum absolute atomic E-state index is 2.44. The molecule has 0 amide bonds. The number of hydrogen-bond donors (Lipinski definition) is 0. The van der Waals surface area contributed by atoms with Crippen LogP contribution in [0, 0.1) is 0 Å². The number of rotatable bonds is 6. The van der Waals surface area contributed by atoms with Crippen LogP contribution >= 0.6 is 0 Å². The van der Waals surface area contributed by atoms with Gasteiger partial charge >= 0.3 is 0 Å². The summed E-state index contributed by atoms with van der Waals surface area (Å²) in [5, 5.41) is 7.46. The van der Waals surface area contributed by atoms with Gasteiger partial charge in [-0.1, -0.05) is 152 Å². The highest BCUT2D eigenvalue weighted by molar-refractivity contribution is 6.14. The lowest BCUT2D eigenvalue weighted by atomic mass is 10.00. The van der Waals surface area contributed by atoms with E-state index in [2.05, 4.69) is 250 Å². The third kappa shape index (κ3) is 5.60. The Balaban J connectivity index is 0.916. The van der Waals surface area contributed by atoms with Crippen molar-refractivity contribution < 1.29 is 0 Å². The summed E-state index contributed by atoms with van der Waals surface area (Å²) in [5.74, 6) is 0. The van der Waals surface area contributed by atoms with Crippen LogP contribution in [0.3, 0.4) is 0 Å². The van der Waals surface area contributed by atoms with E-state index in [0.29, 0.717) is 0 Å². The first-order chi connectivity index (χ1) is 31.2. The van der Waals surface area contributed by atoms with E-state index in [9.17, 15) is 0 Å². The standard InChI is InChI=1S/C60H39N3/c1-3-14-40(15-4-1)41-26-28-42(29-27-41)43-16-13-19-47(36-43)62-56-24-11-7-20-49(56)52-37-44(30-33-58(52)62)45-31-34-59-53(38-45)50-21-8-12-25-57(50)63(59)48-32-35-60-54(39-48)51-22-9-10-23-55(51)61(60)46-17-5-2-6-18-46/h1-39H. The van der Waals surface area contributed by atoms with Gasteiger partial charge in [0.1, 0.15) is 0 Å². The molecule has 13 aromatic rings. The monoisotopic (exact) mass is 801 g/mol. The molecule has 0 N–H and O–H groups in total. The predicted octanol–water partition coefficient (Wildman–Crippen LogP) is 16.0. The smallest absolute Gasteiger partial charge is 0.0542 e. The van der Waals surface area contributed by atoms with E-state index in [1.807, 2.05) is 0 Å². The molecule has 0 fully saturated rings. The van der Waals surface area contributed by atoms with Gasteiger partial charge in [-0.25, -0.2) is 0 Å². The second-order valence-corrected chi connectivity index (χ2v) is 16.6. The van der Waals surface area contributed by atoms with Gasteiger partial charge in [0.15, 0.2) is 0 Å². The molecule has 294 valence electrons. The summed E-state index contributed by atoms with van der Waals surface area (Å²) < 4.78 is 7.23. The Hall–Kier alpha value is -8.40. The first kappa shape index (κ1) is 35.4. The molecule has 0 bridgehead atoms. The summed E-state index contributed by atoms with van der Waals surface area (Å²) in [6, 6.07) is 86.4. The van der Waals surface area contributed by atoms with Crippen LogP contribution < -0.4 is 0 Å². The topological polar surface area (TPSA) is 14.8 Å². The highest BCUT2D eigenvalue weighted by Crippen LogP contribution is 2.40. The van der Waals surface area contributed by atoms with E-state index >= 15 is 0 Å². The molecule has 0 saturated heterocycles. The molecular weight excluding hydrogens is 763 g/mol. The van der Waals surface area contributed by atoms with Crippen molar-refractivity contribution in [3.63, 3.8) is 0 Å². The predicted molar refractivity (Wildman–Crippen MR) is 266 cm³/mol. The maximum atomic E-state index is 2.44. The number of para-hydroxylation sites is 4. The fraction of sp³-hybridized carbons (Fsp3) is 0. The Bertz CT molecular complexity index is 3880. The van der Waals surface area contributed by atoms with Gasteiger partial charge in [0, 0.05) is 49.4 Å². The van der Waals surface area contributed by atoms with Crippen LogP contribution in [0.25, 0.3) is 116 Å². The summed E-state index contributed by atoms with van der Waals surface area (Å²) in [6.45, 7) is 0. The Morgan fingerprint density at radius 2 is 0.508 bits per heavy atom. The minimum atomic E-state index is 1.15. The maximum Gasteiger partial charge on any atom is 0.0542 e. The molecular formula is C60H39N3. The molecule has 3 heterocycles. The lowest BCUT2D eigenvalue weighted by Gasteiger charge is -2.11. The summed E-state index contributed by atoms with van der Waals surface area (Å²) in [5.41, 5.74) is 17.9. The van der Waals surface area contributed by atoms with E-state index in [0.717, 1.165) is 11.4 Å². The average Bonchev–Trinajstić information content (AvgIpc) is 3.99. The van der Waals surface area contributed by atoms with E-state index in [4.69, 9.17) is 0 Å². The van der Waals surface area contributed by atoms with Gasteiger partial charge in [-0.15, -0.1) is 0 Å². The fourth-order valence-electron chi connectivity index (χ4n) is 10.1. The quantitative estimate of drug-likeness (QED) is 0.159. The van der Waals surface area contributed by atoms with Crippen LogP contribution in [-0.2, 0) is 0 Å². The van der Waals surface area contributed by atoms with Crippen LogP contribution in [0.2, 0.25) is 0 Å². The number of aromatic nitrogens is 3. The van der Waals surface area contributed by atoms with Gasteiger partial charge in [0.2, 0.25) is 0 Å². The molecule has 0 atom stereocenters. The zero-order valence-electron chi connectivity index (χ0n) is 34.4. The minimum Gasteiger partial charge on any atom is -0.309 e. The second kappa shape index (κ2) is 14.1. The molecule has 63 heavy (non-hydrogen) atoms. The van der Waals surface area contributed by atoms with Crippen LogP contribution in [0.1, 0.15) is 0 Å². The molecule has 0 aliphatic heterocycles. The van der Waals surface area contributed by atoms with Crippen molar-refractivity contribution >= 4 is 65.4 Å². The van der Waals surface area contributed by atoms with Gasteiger partial charge in [0.05, 0.1) is 33.1 Å². The molecule has 3 aromatic heterocycles. The molecule has 3 nitrogen and oxygen atoms in total. The van der Waals surface area contributed by atoms with Crippen LogP contribution in [0.5, 0.6) is 0 Å². The lowest BCUT2D eigenvalue weighted by Crippen LogP contribution is -1.95. The van der Waals surface area contributed by atoms with E-state index in [1.54, 1.807) is 0 Å². The van der Waals surface area contributed by atoms with Crippen molar-refractivity contribution in [2.75, 3.05) is 0 Å². The molecule has 0 saturated carbocycles. The first-order valence-electron chi connectivity index (χ1n) is 21.7. The highest BCUT2D eigenvalue weighted by Gasteiger charge is 2.18. The van der Waals surface area contributed by atoms with Gasteiger partial charge in [-0.2, -0.15) is 0 Å².